The molecule has 1 aromatic carbocycles. The molecular formula is C14H15N3O2. The third-order valence-electron chi connectivity index (χ3n) is 3.15. The number of hydrogen-bond donors (Lipinski definition) is 1. The van der Waals surface area contributed by atoms with Crippen LogP contribution in [0.4, 0.5) is 4.79 Å². The molecule has 5 heteroatoms. The van der Waals surface area contributed by atoms with E-state index in [1.807, 2.05) is 19.9 Å². The van der Waals surface area contributed by atoms with Crippen molar-refractivity contribution >= 4 is 11.9 Å². The fourth-order valence-corrected chi connectivity index (χ4v) is 2.01. The van der Waals surface area contributed by atoms with Crippen LogP contribution >= 0.6 is 0 Å². The summed E-state index contributed by atoms with van der Waals surface area (Å²) in [4.78, 5) is 25.1. The summed E-state index contributed by atoms with van der Waals surface area (Å²) in [5, 5.41) is 11.4. The Bertz CT molecular complexity index is 543. The van der Waals surface area contributed by atoms with E-state index >= 15 is 0 Å². The van der Waals surface area contributed by atoms with Crippen molar-refractivity contribution < 1.29 is 9.59 Å². The van der Waals surface area contributed by atoms with Gasteiger partial charge in [0.05, 0.1) is 18.2 Å². The molecule has 1 heterocycles. The minimum atomic E-state index is -0.439. The van der Waals surface area contributed by atoms with Crippen LogP contribution in [0.3, 0.4) is 0 Å². The Morgan fingerprint density at radius 3 is 2.42 bits per heavy atom. The number of nitriles is 1. The third kappa shape index (κ3) is 2.58. The van der Waals surface area contributed by atoms with E-state index in [1.165, 1.54) is 4.90 Å². The minimum absolute atomic E-state index is 0.0717. The molecule has 1 unspecified atom stereocenters. The maximum atomic E-state index is 12.1. The molecule has 1 saturated heterocycles. The van der Waals surface area contributed by atoms with Crippen LogP contribution < -0.4 is 5.32 Å². The number of hydrogen-bond acceptors (Lipinski definition) is 3. The van der Waals surface area contributed by atoms with Gasteiger partial charge in [-0.25, -0.2) is 4.79 Å². The lowest BCUT2D eigenvalue weighted by molar-refractivity contribution is -0.128. The van der Waals surface area contributed by atoms with Crippen molar-refractivity contribution in [3.8, 4) is 6.07 Å². The first-order valence-corrected chi connectivity index (χ1v) is 6.14. The lowest BCUT2D eigenvalue weighted by atomic mass is 10.0. The average Bonchev–Trinajstić information content (AvgIpc) is 2.68. The third-order valence-corrected chi connectivity index (χ3v) is 3.15. The van der Waals surface area contributed by atoms with E-state index in [9.17, 15) is 9.59 Å². The number of carbonyl (C=O) groups excluding carboxylic acids is 2. The second-order valence-electron chi connectivity index (χ2n) is 4.90. The molecule has 0 radical (unpaired) electrons. The molecule has 1 aromatic rings. The Morgan fingerprint density at radius 2 is 1.95 bits per heavy atom. The average molecular weight is 257 g/mol. The molecule has 1 aliphatic heterocycles. The quantitative estimate of drug-likeness (QED) is 0.836. The summed E-state index contributed by atoms with van der Waals surface area (Å²) in [6.45, 7) is 4.03. The molecule has 2 rings (SSSR count). The highest BCUT2D eigenvalue weighted by atomic mass is 16.2. The second kappa shape index (κ2) is 5.11. The topological polar surface area (TPSA) is 73.2 Å². The lowest BCUT2D eigenvalue weighted by Crippen LogP contribution is -2.34. The molecule has 19 heavy (non-hydrogen) atoms. The first-order chi connectivity index (χ1) is 9.02. The molecule has 1 fully saturated rings. The smallest absolute Gasteiger partial charge is 0.325 e. The molecule has 5 nitrogen and oxygen atoms in total. The summed E-state index contributed by atoms with van der Waals surface area (Å²) in [7, 11) is 0. The van der Waals surface area contributed by atoms with Gasteiger partial charge in [0, 0.05) is 0 Å². The van der Waals surface area contributed by atoms with Gasteiger partial charge in [0.1, 0.15) is 6.04 Å². The van der Waals surface area contributed by atoms with Gasteiger partial charge in [-0.3, -0.25) is 9.69 Å². The van der Waals surface area contributed by atoms with Crippen molar-refractivity contribution in [1.82, 2.24) is 10.2 Å². The largest absolute Gasteiger partial charge is 0.326 e. The van der Waals surface area contributed by atoms with Crippen LogP contribution in [0.25, 0.3) is 0 Å². The fraction of sp³-hybridized carbons (Fsp3) is 0.357. The van der Waals surface area contributed by atoms with Crippen molar-refractivity contribution in [2.75, 3.05) is 0 Å². The Labute approximate surface area is 111 Å². The summed E-state index contributed by atoms with van der Waals surface area (Å²) in [6, 6.07) is 8.09. The highest BCUT2D eigenvalue weighted by Crippen LogP contribution is 2.17. The van der Waals surface area contributed by atoms with Crippen molar-refractivity contribution in [3.63, 3.8) is 0 Å². The van der Waals surface area contributed by atoms with E-state index in [1.54, 1.807) is 24.3 Å². The zero-order valence-corrected chi connectivity index (χ0v) is 10.9. The highest BCUT2D eigenvalue weighted by Gasteiger charge is 2.39. The molecule has 98 valence electrons. The van der Waals surface area contributed by atoms with Crippen LogP contribution in [0.1, 0.15) is 25.0 Å². The molecule has 1 atom stereocenters. The molecule has 0 spiro atoms. The number of benzene rings is 1. The van der Waals surface area contributed by atoms with Gasteiger partial charge < -0.3 is 5.32 Å². The standard InChI is InChI=1S/C14H15N3O2/c1-9(2)12-13(18)17(14(19)16-12)8-11-5-3-10(7-15)4-6-11/h3-6,9,12H,8H2,1-2H3,(H,16,19). The first-order valence-electron chi connectivity index (χ1n) is 6.14. The molecule has 1 aliphatic rings. The van der Waals surface area contributed by atoms with Crippen LogP contribution in [-0.4, -0.2) is 22.9 Å². The molecule has 0 bridgehead atoms. The normalized spacial score (nSPS) is 18.6. The number of urea groups is 1. The zero-order chi connectivity index (χ0) is 14.0. The van der Waals surface area contributed by atoms with Crippen LogP contribution in [0.2, 0.25) is 0 Å². The Balaban J connectivity index is 2.12. The lowest BCUT2D eigenvalue weighted by Gasteiger charge is -2.14. The number of carbonyl (C=O) groups is 2. The monoisotopic (exact) mass is 257 g/mol. The number of rotatable bonds is 3. The fourth-order valence-electron chi connectivity index (χ4n) is 2.01. The maximum Gasteiger partial charge on any atom is 0.325 e. The molecule has 0 aliphatic carbocycles. The van der Waals surface area contributed by atoms with Gasteiger partial charge in [0.25, 0.3) is 5.91 Å². The predicted octanol–water partition coefficient (Wildman–Crippen LogP) is 1.63. The van der Waals surface area contributed by atoms with Gasteiger partial charge in [0.2, 0.25) is 0 Å². The van der Waals surface area contributed by atoms with E-state index in [0.29, 0.717) is 5.56 Å². The van der Waals surface area contributed by atoms with Gasteiger partial charge in [-0.05, 0) is 23.6 Å². The van der Waals surface area contributed by atoms with Crippen molar-refractivity contribution in [2.24, 2.45) is 5.92 Å². The molecule has 0 aromatic heterocycles. The van der Waals surface area contributed by atoms with Gasteiger partial charge >= 0.3 is 6.03 Å². The number of amides is 3. The molecule has 3 amide bonds. The number of imide groups is 1. The summed E-state index contributed by atoms with van der Waals surface area (Å²) in [5.41, 5.74) is 1.38. The van der Waals surface area contributed by atoms with Crippen LogP contribution in [0, 0.1) is 17.2 Å². The van der Waals surface area contributed by atoms with Crippen molar-refractivity contribution in [1.29, 1.82) is 5.26 Å². The second-order valence-corrected chi connectivity index (χ2v) is 4.90. The van der Waals surface area contributed by atoms with Gasteiger partial charge in [-0.2, -0.15) is 5.26 Å². The van der Waals surface area contributed by atoms with E-state index in [-0.39, 0.29) is 24.4 Å². The van der Waals surface area contributed by atoms with Crippen LogP contribution in [0.15, 0.2) is 24.3 Å². The number of nitrogens with one attached hydrogen (secondary N) is 1. The zero-order valence-electron chi connectivity index (χ0n) is 10.9. The van der Waals surface area contributed by atoms with E-state index in [2.05, 4.69) is 5.32 Å². The van der Waals surface area contributed by atoms with Crippen molar-refractivity contribution in [2.45, 2.75) is 26.4 Å². The van der Waals surface area contributed by atoms with Crippen LogP contribution in [0.5, 0.6) is 0 Å². The Kier molecular flexibility index (Phi) is 3.52. The van der Waals surface area contributed by atoms with Gasteiger partial charge in [-0.1, -0.05) is 26.0 Å². The first kappa shape index (κ1) is 13.1. The molecule has 0 saturated carbocycles. The summed E-state index contributed by atoms with van der Waals surface area (Å²) >= 11 is 0. The highest BCUT2D eigenvalue weighted by molar-refractivity contribution is 6.04. The van der Waals surface area contributed by atoms with E-state index in [4.69, 9.17) is 5.26 Å². The summed E-state index contributed by atoms with van der Waals surface area (Å²) in [5.74, 6) is -0.119. The van der Waals surface area contributed by atoms with E-state index in [0.717, 1.165) is 5.56 Å². The van der Waals surface area contributed by atoms with E-state index < -0.39 is 6.04 Å². The Morgan fingerprint density at radius 1 is 1.32 bits per heavy atom. The van der Waals surface area contributed by atoms with Crippen LogP contribution in [-0.2, 0) is 11.3 Å². The summed E-state index contributed by atoms with van der Waals surface area (Å²) < 4.78 is 0. The Hall–Kier alpha value is -2.35. The molecular weight excluding hydrogens is 242 g/mol. The summed E-state index contributed by atoms with van der Waals surface area (Å²) in [6.07, 6.45) is 0. The number of nitrogens with zero attached hydrogens (tertiary/aromatic N) is 2. The maximum absolute atomic E-state index is 12.1. The van der Waals surface area contributed by atoms with Gasteiger partial charge in [0.15, 0.2) is 0 Å². The minimum Gasteiger partial charge on any atom is -0.326 e. The van der Waals surface area contributed by atoms with Crippen molar-refractivity contribution in [3.05, 3.63) is 35.4 Å². The van der Waals surface area contributed by atoms with Gasteiger partial charge in [-0.15, -0.1) is 0 Å². The SMILES string of the molecule is CC(C)C1NC(=O)N(Cc2ccc(C#N)cc2)C1=O. The molecule has 1 N–H and O–H groups in total. The predicted molar refractivity (Wildman–Crippen MR) is 68.9 cm³/mol.